The number of carbonyl (C=O) groups is 2. The molecule has 0 radical (unpaired) electrons. The Balaban J connectivity index is 1.55. The zero-order valence-electron chi connectivity index (χ0n) is 20.9. The molecule has 198 valence electrons. The van der Waals surface area contributed by atoms with Crippen LogP contribution in [0.5, 0.6) is 0 Å². The highest BCUT2D eigenvalue weighted by Crippen LogP contribution is 2.54. The largest absolute Gasteiger partial charge is 0.481 e. The summed E-state index contributed by atoms with van der Waals surface area (Å²) in [5, 5.41) is 12.5. The Labute approximate surface area is 212 Å². The molecule has 0 saturated heterocycles. The molecule has 2 N–H and O–H groups in total. The molecule has 4 rings (SSSR count). The first kappa shape index (κ1) is 26.7. The van der Waals surface area contributed by atoms with Gasteiger partial charge in [-0.25, -0.2) is 4.39 Å². The van der Waals surface area contributed by atoms with Crippen LogP contribution < -0.4 is 5.32 Å². The Kier molecular flexibility index (Phi) is 7.10. The number of nitrogens with zero attached hydrogens (tertiary/aromatic N) is 1. The summed E-state index contributed by atoms with van der Waals surface area (Å²) in [7, 11) is 0. The van der Waals surface area contributed by atoms with Gasteiger partial charge in [0.25, 0.3) is 5.91 Å². The number of alkyl halides is 3. The van der Waals surface area contributed by atoms with Crippen molar-refractivity contribution in [2.75, 3.05) is 0 Å². The van der Waals surface area contributed by atoms with Crippen LogP contribution in [0.1, 0.15) is 61.5 Å². The SMILES string of the molecule is CC(CC1(C(C)C)CC(C(=O)O)C1)NC(=O)c1ccc(F)c2ccn(Cc3ccc(C(F)(F)F)cc3)c12. The molecule has 0 aliphatic heterocycles. The van der Waals surface area contributed by atoms with Crippen LogP contribution in [0, 0.1) is 23.1 Å². The molecule has 1 unspecified atom stereocenters. The van der Waals surface area contributed by atoms with Crippen molar-refractivity contribution in [3.8, 4) is 0 Å². The minimum absolute atomic E-state index is 0.161. The van der Waals surface area contributed by atoms with Gasteiger partial charge in [0.15, 0.2) is 0 Å². The van der Waals surface area contributed by atoms with Gasteiger partial charge in [-0.2, -0.15) is 13.2 Å². The van der Waals surface area contributed by atoms with Crippen molar-refractivity contribution < 1.29 is 32.3 Å². The Morgan fingerprint density at radius 2 is 1.73 bits per heavy atom. The average Bonchev–Trinajstić information content (AvgIpc) is 3.20. The molecule has 1 amide bonds. The number of rotatable bonds is 8. The highest BCUT2D eigenvalue weighted by Gasteiger charge is 2.49. The Morgan fingerprint density at radius 3 is 2.30 bits per heavy atom. The van der Waals surface area contributed by atoms with Crippen molar-refractivity contribution in [3.63, 3.8) is 0 Å². The van der Waals surface area contributed by atoms with Crippen molar-refractivity contribution >= 4 is 22.8 Å². The van der Waals surface area contributed by atoms with Gasteiger partial charge in [0.05, 0.1) is 22.6 Å². The summed E-state index contributed by atoms with van der Waals surface area (Å²) in [5.74, 6) is -1.80. The second-order valence-electron chi connectivity index (χ2n) is 10.5. The molecule has 1 atom stereocenters. The molecule has 0 bridgehead atoms. The molecule has 1 aromatic heterocycles. The zero-order valence-corrected chi connectivity index (χ0v) is 20.9. The van der Waals surface area contributed by atoms with Crippen molar-refractivity contribution in [2.24, 2.45) is 17.3 Å². The summed E-state index contributed by atoms with van der Waals surface area (Å²) in [6.07, 6.45) is -1.07. The summed E-state index contributed by atoms with van der Waals surface area (Å²) in [6, 6.07) is 8.66. The van der Waals surface area contributed by atoms with E-state index in [9.17, 15) is 32.3 Å². The number of amides is 1. The lowest BCUT2D eigenvalue weighted by Crippen LogP contribution is -2.49. The molecule has 9 heteroatoms. The van der Waals surface area contributed by atoms with Gasteiger partial charge >= 0.3 is 12.1 Å². The average molecular weight is 519 g/mol. The maximum atomic E-state index is 14.6. The van der Waals surface area contributed by atoms with E-state index in [2.05, 4.69) is 19.2 Å². The summed E-state index contributed by atoms with van der Waals surface area (Å²) in [6.45, 7) is 6.15. The second kappa shape index (κ2) is 9.84. The minimum Gasteiger partial charge on any atom is -0.481 e. The van der Waals surface area contributed by atoms with E-state index < -0.39 is 29.4 Å². The number of halogens is 4. The van der Waals surface area contributed by atoms with Crippen molar-refractivity contribution in [2.45, 2.75) is 58.8 Å². The number of aromatic nitrogens is 1. The fraction of sp³-hybridized carbons (Fsp3) is 0.429. The predicted molar refractivity (Wildman–Crippen MR) is 132 cm³/mol. The van der Waals surface area contributed by atoms with E-state index in [1.54, 1.807) is 16.8 Å². The first-order valence-electron chi connectivity index (χ1n) is 12.3. The van der Waals surface area contributed by atoms with Gasteiger partial charge in [-0.15, -0.1) is 0 Å². The van der Waals surface area contributed by atoms with Gasteiger partial charge in [-0.05, 0) is 73.4 Å². The highest BCUT2D eigenvalue weighted by atomic mass is 19.4. The van der Waals surface area contributed by atoms with E-state index in [1.807, 2.05) is 6.92 Å². The molecule has 3 aromatic rings. The number of hydrogen-bond acceptors (Lipinski definition) is 2. The molecule has 1 heterocycles. The molecule has 1 aliphatic rings. The van der Waals surface area contributed by atoms with Crippen LogP contribution in [0.2, 0.25) is 0 Å². The van der Waals surface area contributed by atoms with Gasteiger partial charge < -0.3 is 15.0 Å². The van der Waals surface area contributed by atoms with Crippen LogP contribution in [0.15, 0.2) is 48.7 Å². The maximum absolute atomic E-state index is 14.6. The number of fused-ring (bicyclic) bond motifs is 1. The fourth-order valence-electron chi connectivity index (χ4n) is 5.53. The van der Waals surface area contributed by atoms with Crippen molar-refractivity contribution in [1.29, 1.82) is 0 Å². The third-order valence-electron chi connectivity index (χ3n) is 7.72. The summed E-state index contributed by atoms with van der Waals surface area (Å²) in [5.41, 5.74) is 0.269. The van der Waals surface area contributed by atoms with E-state index in [4.69, 9.17) is 0 Å². The number of carboxylic acids is 1. The quantitative estimate of drug-likeness (QED) is 0.335. The zero-order chi connectivity index (χ0) is 27.1. The molecule has 37 heavy (non-hydrogen) atoms. The van der Waals surface area contributed by atoms with Crippen LogP contribution in [-0.4, -0.2) is 27.6 Å². The van der Waals surface area contributed by atoms with Crippen LogP contribution in [0.25, 0.3) is 10.9 Å². The van der Waals surface area contributed by atoms with E-state index in [1.165, 1.54) is 24.3 Å². The highest BCUT2D eigenvalue weighted by molar-refractivity contribution is 6.06. The number of benzene rings is 2. The third kappa shape index (κ3) is 5.36. The first-order chi connectivity index (χ1) is 17.3. The molecule has 2 aromatic carbocycles. The molecular formula is C28H30F4N2O3. The smallest absolute Gasteiger partial charge is 0.416 e. The number of hydrogen-bond donors (Lipinski definition) is 2. The topological polar surface area (TPSA) is 71.3 Å². The van der Waals surface area contributed by atoms with Gasteiger partial charge in [0.2, 0.25) is 0 Å². The number of carbonyl (C=O) groups excluding carboxylic acids is 1. The molecule has 1 fully saturated rings. The maximum Gasteiger partial charge on any atom is 0.416 e. The minimum atomic E-state index is -4.44. The fourth-order valence-corrected chi connectivity index (χ4v) is 5.53. The van der Waals surface area contributed by atoms with E-state index in [0.717, 1.165) is 12.1 Å². The molecule has 0 spiro atoms. The molecule has 5 nitrogen and oxygen atoms in total. The molecular weight excluding hydrogens is 488 g/mol. The van der Waals surface area contributed by atoms with Crippen molar-refractivity contribution in [1.82, 2.24) is 9.88 Å². The number of aliphatic carboxylic acids is 1. The van der Waals surface area contributed by atoms with Crippen molar-refractivity contribution in [3.05, 3.63) is 71.2 Å². The summed E-state index contributed by atoms with van der Waals surface area (Å²) < 4.78 is 54.9. The van der Waals surface area contributed by atoms with Crippen LogP contribution in [0.3, 0.4) is 0 Å². The molecule has 1 aliphatic carbocycles. The third-order valence-corrected chi connectivity index (χ3v) is 7.72. The normalized spacial score (nSPS) is 20.6. The molecule has 1 saturated carbocycles. The summed E-state index contributed by atoms with van der Waals surface area (Å²) in [4.78, 5) is 24.6. The Bertz CT molecular complexity index is 1310. The second-order valence-corrected chi connectivity index (χ2v) is 10.5. The standard InChI is InChI=1S/C28H30F4N2O3/c1-16(2)27(13-19(14-27)26(36)37)12-17(3)33-25(35)22-8-9-23(29)21-10-11-34(24(21)22)15-18-4-6-20(7-5-18)28(30,31)32/h4-11,16-17,19H,12-15H2,1-3H3,(H,33,35)(H,36,37). The predicted octanol–water partition coefficient (Wildman–Crippen LogP) is 6.49. The number of nitrogens with one attached hydrogen (secondary N) is 1. The van der Waals surface area contributed by atoms with E-state index in [0.29, 0.717) is 30.3 Å². The monoisotopic (exact) mass is 518 g/mol. The lowest BCUT2D eigenvalue weighted by molar-refractivity contribution is -0.153. The Hall–Kier alpha value is -3.36. The van der Waals surface area contributed by atoms with Gasteiger partial charge in [-0.1, -0.05) is 26.0 Å². The van der Waals surface area contributed by atoms with Gasteiger partial charge in [0.1, 0.15) is 5.82 Å². The van der Waals surface area contributed by atoms with E-state index in [-0.39, 0.29) is 40.8 Å². The van der Waals surface area contributed by atoms with Gasteiger partial charge in [0, 0.05) is 24.2 Å². The van der Waals surface area contributed by atoms with E-state index >= 15 is 0 Å². The first-order valence-corrected chi connectivity index (χ1v) is 12.3. The summed E-state index contributed by atoms with van der Waals surface area (Å²) >= 11 is 0. The van der Waals surface area contributed by atoms with Crippen LogP contribution in [-0.2, 0) is 17.5 Å². The number of carboxylic acid groups (broad SMARTS) is 1. The lowest BCUT2D eigenvalue weighted by atomic mass is 9.54. The van der Waals surface area contributed by atoms with Crippen LogP contribution in [0.4, 0.5) is 17.6 Å². The van der Waals surface area contributed by atoms with Gasteiger partial charge in [-0.3, -0.25) is 9.59 Å². The Morgan fingerprint density at radius 1 is 1.08 bits per heavy atom. The van der Waals surface area contributed by atoms with Crippen LogP contribution >= 0.6 is 0 Å². The lowest BCUT2D eigenvalue weighted by Gasteiger charge is -2.50.